The average Bonchev–Trinajstić information content (AvgIpc) is 2.18. The predicted molar refractivity (Wildman–Crippen MR) is 63.4 cm³/mol. The van der Waals surface area contributed by atoms with Gasteiger partial charge in [0.2, 0.25) is 0 Å². The second-order valence-electron chi connectivity index (χ2n) is 4.46. The third-order valence-corrected chi connectivity index (χ3v) is 2.58. The van der Waals surface area contributed by atoms with Gasteiger partial charge in [-0.1, -0.05) is 13.8 Å². The Labute approximate surface area is 92.3 Å². The highest BCUT2D eigenvalue weighted by atomic mass is 15.1. The van der Waals surface area contributed by atoms with Gasteiger partial charge in [-0.2, -0.15) is 0 Å². The van der Waals surface area contributed by atoms with Crippen LogP contribution < -0.4 is 5.73 Å². The number of pyridine rings is 1. The number of rotatable bonds is 5. The van der Waals surface area contributed by atoms with Gasteiger partial charge in [-0.25, -0.2) is 0 Å². The summed E-state index contributed by atoms with van der Waals surface area (Å²) in [7, 11) is 2.10. The van der Waals surface area contributed by atoms with Crippen LogP contribution in [0.4, 0.5) is 0 Å². The zero-order chi connectivity index (χ0) is 11.3. The summed E-state index contributed by atoms with van der Waals surface area (Å²) in [5.74, 6) is 0.532. The summed E-state index contributed by atoms with van der Waals surface area (Å²) in [5.41, 5.74) is 7.30. The van der Waals surface area contributed by atoms with E-state index < -0.39 is 0 Å². The molecule has 0 saturated heterocycles. The maximum atomic E-state index is 6.02. The summed E-state index contributed by atoms with van der Waals surface area (Å²) in [6.45, 7) is 6.18. The van der Waals surface area contributed by atoms with Gasteiger partial charge in [-0.15, -0.1) is 0 Å². The Morgan fingerprint density at radius 2 is 1.93 bits per heavy atom. The predicted octanol–water partition coefficient (Wildman–Crippen LogP) is 1.50. The molecule has 3 heteroatoms. The Balaban J connectivity index is 2.39. The number of nitrogens with two attached hydrogens (primary N) is 1. The molecule has 2 N–H and O–H groups in total. The molecule has 84 valence electrons. The van der Waals surface area contributed by atoms with Gasteiger partial charge in [-0.05, 0) is 30.7 Å². The van der Waals surface area contributed by atoms with Crippen molar-refractivity contribution in [2.45, 2.75) is 26.4 Å². The van der Waals surface area contributed by atoms with E-state index in [1.54, 1.807) is 0 Å². The molecule has 1 aromatic heterocycles. The van der Waals surface area contributed by atoms with Crippen molar-refractivity contribution in [1.82, 2.24) is 9.88 Å². The molecule has 0 saturated carbocycles. The zero-order valence-corrected chi connectivity index (χ0v) is 9.85. The molecule has 1 atom stereocenters. The third kappa shape index (κ3) is 4.40. The van der Waals surface area contributed by atoms with Crippen LogP contribution in [0.25, 0.3) is 0 Å². The van der Waals surface area contributed by atoms with Gasteiger partial charge in [0.05, 0.1) is 0 Å². The van der Waals surface area contributed by atoms with Crippen LogP contribution in [0.5, 0.6) is 0 Å². The van der Waals surface area contributed by atoms with Crippen molar-refractivity contribution in [3.05, 3.63) is 30.1 Å². The van der Waals surface area contributed by atoms with Gasteiger partial charge in [-0.3, -0.25) is 4.98 Å². The van der Waals surface area contributed by atoms with Crippen molar-refractivity contribution in [2.75, 3.05) is 13.6 Å². The van der Waals surface area contributed by atoms with Crippen molar-refractivity contribution < 1.29 is 0 Å². The monoisotopic (exact) mass is 207 g/mol. The molecule has 3 nitrogen and oxygen atoms in total. The highest BCUT2D eigenvalue weighted by Crippen LogP contribution is 2.04. The first-order valence-electron chi connectivity index (χ1n) is 5.42. The van der Waals surface area contributed by atoms with Crippen molar-refractivity contribution in [2.24, 2.45) is 11.7 Å². The molecule has 1 aromatic rings. The lowest BCUT2D eigenvalue weighted by molar-refractivity contribution is 0.276. The summed E-state index contributed by atoms with van der Waals surface area (Å²) >= 11 is 0. The fraction of sp³-hybridized carbons (Fsp3) is 0.583. The molecule has 1 rings (SSSR count). The second-order valence-corrected chi connectivity index (χ2v) is 4.46. The molecule has 0 radical (unpaired) electrons. The normalized spacial score (nSPS) is 13.5. The Morgan fingerprint density at radius 1 is 1.33 bits per heavy atom. The summed E-state index contributed by atoms with van der Waals surface area (Å²) in [6, 6.07) is 4.33. The van der Waals surface area contributed by atoms with E-state index in [1.165, 1.54) is 5.56 Å². The molecule has 1 heterocycles. The third-order valence-electron chi connectivity index (χ3n) is 2.58. The van der Waals surface area contributed by atoms with E-state index in [4.69, 9.17) is 5.73 Å². The van der Waals surface area contributed by atoms with Crippen LogP contribution >= 0.6 is 0 Å². The average molecular weight is 207 g/mol. The van der Waals surface area contributed by atoms with Crippen molar-refractivity contribution in [1.29, 1.82) is 0 Å². The van der Waals surface area contributed by atoms with Crippen LogP contribution in [-0.4, -0.2) is 29.5 Å². The summed E-state index contributed by atoms with van der Waals surface area (Å²) in [4.78, 5) is 6.25. The van der Waals surface area contributed by atoms with Crippen LogP contribution in [0.3, 0.4) is 0 Å². The molecule has 15 heavy (non-hydrogen) atoms. The highest BCUT2D eigenvalue weighted by molar-refractivity contribution is 5.09. The lowest BCUT2D eigenvalue weighted by Gasteiger charge is -2.23. The molecular weight excluding hydrogens is 186 g/mol. The van der Waals surface area contributed by atoms with E-state index in [2.05, 4.69) is 30.8 Å². The molecule has 0 aliphatic rings. The number of likely N-dealkylation sites (N-methyl/N-ethyl adjacent to an activating group) is 1. The van der Waals surface area contributed by atoms with Crippen molar-refractivity contribution in [3.63, 3.8) is 0 Å². The molecule has 0 aromatic carbocycles. The van der Waals surface area contributed by atoms with Crippen molar-refractivity contribution >= 4 is 0 Å². The van der Waals surface area contributed by atoms with E-state index in [0.29, 0.717) is 5.92 Å². The smallest absolute Gasteiger partial charge is 0.0271 e. The van der Waals surface area contributed by atoms with E-state index >= 15 is 0 Å². The quantitative estimate of drug-likeness (QED) is 0.795. The van der Waals surface area contributed by atoms with E-state index in [0.717, 1.165) is 13.1 Å². The fourth-order valence-corrected chi connectivity index (χ4v) is 1.44. The molecule has 0 spiro atoms. The van der Waals surface area contributed by atoms with Gasteiger partial charge >= 0.3 is 0 Å². The second kappa shape index (κ2) is 5.83. The van der Waals surface area contributed by atoms with Crippen LogP contribution in [0.15, 0.2) is 24.5 Å². The summed E-state index contributed by atoms with van der Waals surface area (Å²) < 4.78 is 0. The number of hydrogen-bond acceptors (Lipinski definition) is 3. The molecule has 0 aliphatic carbocycles. The lowest BCUT2D eigenvalue weighted by Crippen LogP contribution is -2.38. The fourth-order valence-electron chi connectivity index (χ4n) is 1.44. The number of nitrogens with zero attached hydrogens (tertiary/aromatic N) is 2. The van der Waals surface area contributed by atoms with Gasteiger partial charge in [0.1, 0.15) is 0 Å². The maximum absolute atomic E-state index is 6.02. The SMILES string of the molecule is CC(C)C(N)CN(C)Cc1ccncc1. The molecule has 1 unspecified atom stereocenters. The number of hydrogen-bond donors (Lipinski definition) is 1. The van der Waals surface area contributed by atoms with Crippen LogP contribution in [0, 0.1) is 5.92 Å². The minimum absolute atomic E-state index is 0.247. The first-order chi connectivity index (χ1) is 7.09. The standard InChI is InChI=1S/C12H21N3/c1-10(2)12(13)9-15(3)8-11-4-6-14-7-5-11/h4-7,10,12H,8-9,13H2,1-3H3. The Morgan fingerprint density at radius 3 is 2.47 bits per heavy atom. The Hall–Kier alpha value is -0.930. The van der Waals surface area contributed by atoms with Gasteiger partial charge in [0.15, 0.2) is 0 Å². The highest BCUT2D eigenvalue weighted by Gasteiger charge is 2.10. The maximum Gasteiger partial charge on any atom is 0.0271 e. The Bertz CT molecular complexity index is 271. The molecular formula is C12H21N3. The minimum Gasteiger partial charge on any atom is -0.326 e. The molecule has 0 fully saturated rings. The molecule has 0 amide bonds. The van der Waals surface area contributed by atoms with E-state index in [9.17, 15) is 0 Å². The van der Waals surface area contributed by atoms with Gasteiger partial charge in [0, 0.05) is 31.5 Å². The van der Waals surface area contributed by atoms with E-state index in [1.807, 2.05) is 24.5 Å². The van der Waals surface area contributed by atoms with Gasteiger partial charge < -0.3 is 10.6 Å². The first kappa shape index (κ1) is 12.1. The van der Waals surface area contributed by atoms with Crippen LogP contribution in [-0.2, 0) is 6.54 Å². The minimum atomic E-state index is 0.247. The zero-order valence-electron chi connectivity index (χ0n) is 9.85. The Kier molecular flexibility index (Phi) is 4.72. The van der Waals surface area contributed by atoms with Crippen LogP contribution in [0.2, 0.25) is 0 Å². The number of aromatic nitrogens is 1. The summed E-state index contributed by atoms with van der Waals surface area (Å²) in [5, 5.41) is 0. The largest absolute Gasteiger partial charge is 0.326 e. The molecule has 0 bridgehead atoms. The van der Waals surface area contributed by atoms with E-state index in [-0.39, 0.29) is 6.04 Å². The van der Waals surface area contributed by atoms with Crippen molar-refractivity contribution in [3.8, 4) is 0 Å². The van der Waals surface area contributed by atoms with Crippen LogP contribution in [0.1, 0.15) is 19.4 Å². The van der Waals surface area contributed by atoms with Gasteiger partial charge in [0.25, 0.3) is 0 Å². The first-order valence-corrected chi connectivity index (χ1v) is 5.42. The molecule has 0 aliphatic heterocycles. The lowest BCUT2D eigenvalue weighted by atomic mass is 10.1. The summed E-state index contributed by atoms with van der Waals surface area (Å²) in [6.07, 6.45) is 3.65. The topological polar surface area (TPSA) is 42.1 Å².